The van der Waals surface area contributed by atoms with Gasteiger partial charge in [-0.25, -0.2) is 3.63 Å². The van der Waals surface area contributed by atoms with E-state index in [0.717, 1.165) is 6.07 Å². The summed E-state index contributed by atoms with van der Waals surface area (Å²) in [4.78, 5) is 25.7. The largest absolute Gasteiger partial charge is 0.460 e. The first-order valence-electron chi connectivity index (χ1n) is 10.3. The van der Waals surface area contributed by atoms with Gasteiger partial charge in [-0.3, -0.25) is 9.59 Å². The molecular weight excluding hydrogens is 617 g/mol. The molecule has 0 radical (unpaired) electrons. The maximum Gasteiger partial charge on any atom is 0.460 e. The van der Waals surface area contributed by atoms with Crippen molar-refractivity contribution in [2.24, 2.45) is 0 Å². The van der Waals surface area contributed by atoms with Crippen LogP contribution in [0.2, 0.25) is 0 Å². The maximum absolute atomic E-state index is 14.2. The molecule has 0 unspecified atom stereocenters. The normalized spacial score (nSPS) is 14.6. The van der Waals surface area contributed by atoms with Gasteiger partial charge in [0.25, 0.3) is 0 Å². The first-order valence-corrected chi connectivity index (χ1v) is 14.3. The SMILES string of the molecule is CS(C)(CC(=O)c1ccccc1C(=O)c1ccccc1)OS(=O)(=O)C(F)(F)C(F)(F)C(F)(F)C(F)(F)C(F)(F)F. The molecule has 2 aromatic rings. The molecule has 0 aliphatic heterocycles. The molecule has 0 saturated heterocycles. The molecule has 0 amide bonds. The number of Topliss-reactive ketones (excluding diaryl/α,β-unsaturated/α-hetero) is 1. The van der Waals surface area contributed by atoms with Gasteiger partial charge in [-0.05, 0) is 12.5 Å². The monoisotopic (exact) mass is 634 g/mol. The van der Waals surface area contributed by atoms with E-state index in [9.17, 15) is 66.3 Å². The number of alkyl halides is 11. The minimum Gasteiger partial charge on any atom is -0.293 e. The number of hydrogen-bond acceptors (Lipinski definition) is 5. The Hall–Kier alpha value is -2.73. The van der Waals surface area contributed by atoms with Crippen LogP contribution in [0.4, 0.5) is 48.3 Å². The number of benzene rings is 2. The number of halogens is 11. The zero-order valence-corrected chi connectivity index (χ0v) is 21.6. The van der Waals surface area contributed by atoms with E-state index in [0.29, 0.717) is 12.5 Å². The summed E-state index contributed by atoms with van der Waals surface area (Å²) in [5.74, 6) is -26.7. The van der Waals surface area contributed by atoms with Gasteiger partial charge in [0.2, 0.25) is 0 Å². The second-order valence-electron chi connectivity index (χ2n) is 8.50. The molecule has 5 nitrogen and oxygen atoms in total. The van der Waals surface area contributed by atoms with E-state index in [1.165, 1.54) is 42.5 Å². The Morgan fingerprint density at radius 2 is 1.12 bits per heavy atom. The Kier molecular flexibility index (Phi) is 8.86. The molecule has 0 fully saturated rings. The molecule has 0 aliphatic rings. The van der Waals surface area contributed by atoms with Crippen LogP contribution in [0.15, 0.2) is 54.6 Å². The second-order valence-corrected chi connectivity index (χ2v) is 13.6. The topological polar surface area (TPSA) is 77.5 Å². The number of carbonyl (C=O) groups is 2. The first kappa shape index (κ1) is 33.5. The van der Waals surface area contributed by atoms with Crippen molar-refractivity contribution in [2.75, 3.05) is 18.3 Å². The average Bonchev–Trinajstić information content (AvgIpc) is 2.81. The summed E-state index contributed by atoms with van der Waals surface area (Å²) < 4.78 is 174. The van der Waals surface area contributed by atoms with E-state index in [-0.39, 0.29) is 11.1 Å². The molecule has 224 valence electrons. The highest BCUT2D eigenvalue weighted by atomic mass is 32.3. The van der Waals surface area contributed by atoms with Gasteiger partial charge < -0.3 is 0 Å². The van der Waals surface area contributed by atoms with Crippen LogP contribution >= 0.6 is 10.3 Å². The lowest BCUT2D eigenvalue weighted by Crippen LogP contribution is -2.68. The fraction of sp³-hybridized carbons (Fsp3) is 0.364. The second kappa shape index (κ2) is 10.6. The van der Waals surface area contributed by atoms with Crippen LogP contribution in [0.25, 0.3) is 0 Å². The van der Waals surface area contributed by atoms with E-state index in [1.54, 1.807) is 6.07 Å². The average molecular weight is 634 g/mol. The molecule has 0 saturated carbocycles. The van der Waals surface area contributed by atoms with Gasteiger partial charge >= 0.3 is 39.3 Å². The van der Waals surface area contributed by atoms with Crippen molar-refractivity contribution in [1.82, 2.24) is 0 Å². The van der Waals surface area contributed by atoms with E-state index in [1.807, 2.05) is 0 Å². The van der Waals surface area contributed by atoms with Gasteiger partial charge in [-0.1, -0.05) is 54.6 Å². The molecule has 2 aromatic carbocycles. The van der Waals surface area contributed by atoms with Gasteiger partial charge in [-0.2, -0.15) is 56.7 Å². The van der Waals surface area contributed by atoms with Gasteiger partial charge in [-0.15, -0.1) is 10.3 Å². The van der Waals surface area contributed by atoms with Crippen molar-refractivity contribution < 1.29 is 69.9 Å². The van der Waals surface area contributed by atoms with Crippen LogP contribution in [0.3, 0.4) is 0 Å². The molecule has 0 aromatic heterocycles. The van der Waals surface area contributed by atoms with Crippen LogP contribution in [-0.2, 0) is 13.7 Å². The summed E-state index contributed by atoms with van der Waals surface area (Å²) in [5, 5.41) is -7.34. The van der Waals surface area contributed by atoms with Crippen LogP contribution < -0.4 is 0 Å². The van der Waals surface area contributed by atoms with Gasteiger partial charge in [0.15, 0.2) is 11.6 Å². The highest BCUT2D eigenvalue weighted by molar-refractivity contribution is 8.32. The van der Waals surface area contributed by atoms with Crippen molar-refractivity contribution in [3.8, 4) is 0 Å². The Morgan fingerprint density at radius 3 is 1.60 bits per heavy atom. The van der Waals surface area contributed by atoms with E-state index in [2.05, 4.69) is 3.63 Å². The Balaban J connectivity index is 2.40. The third kappa shape index (κ3) is 5.83. The molecular formula is C22H17F11O5S2. The van der Waals surface area contributed by atoms with Gasteiger partial charge in [0.1, 0.15) is 0 Å². The summed E-state index contributed by atoms with van der Waals surface area (Å²) >= 11 is 0. The molecule has 0 heterocycles. The standard InChI is InChI=1S/C22H17F11O5S2/c1-39(2,12-16(34)14-10-6-7-11-15(14)17(35)13-8-4-3-5-9-13)38-40(36,37)22(32,33)20(27,28)18(23,24)19(25,26)21(29,30)31/h3-11H,12H2,1-2H3. The smallest absolute Gasteiger partial charge is 0.293 e. The molecule has 2 rings (SSSR count). The molecule has 40 heavy (non-hydrogen) atoms. The highest BCUT2D eigenvalue weighted by Gasteiger charge is 2.90. The Morgan fingerprint density at radius 1 is 0.675 bits per heavy atom. The lowest BCUT2D eigenvalue weighted by Gasteiger charge is -2.38. The van der Waals surface area contributed by atoms with Crippen LogP contribution in [0.1, 0.15) is 26.3 Å². The number of ketones is 2. The molecule has 0 atom stereocenters. The predicted molar refractivity (Wildman–Crippen MR) is 121 cm³/mol. The van der Waals surface area contributed by atoms with Crippen LogP contribution in [0, 0.1) is 0 Å². The van der Waals surface area contributed by atoms with E-state index < -0.39 is 72.5 Å². The van der Waals surface area contributed by atoms with Crippen LogP contribution in [0.5, 0.6) is 0 Å². The quantitative estimate of drug-likeness (QED) is 0.209. The third-order valence-electron chi connectivity index (χ3n) is 5.08. The Labute approximate surface area is 220 Å². The fourth-order valence-electron chi connectivity index (χ4n) is 3.09. The van der Waals surface area contributed by atoms with Gasteiger partial charge in [0, 0.05) is 16.7 Å². The fourth-order valence-corrected chi connectivity index (χ4v) is 6.79. The van der Waals surface area contributed by atoms with Crippen molar-refractivity contribution in [3.05, 3.63) is 71.3 Å². The van der Waals surface area contributed by atoms with Crippen molar-refractivity contribution in [2.45, 2.75) is 29.2 Å². The van der Waals surface area contributed by atoms with E-state index >= 15 is 0 Å². The summed E-state index contributed by atoms with van der Waals surface area (Å²) in [6.45, 7) is 0. The molecule has 0 spiro atoms. The first-order chi connectivity index (χ1) is 17.8. The van der Waals surface area contributed by atoms with Crippen molar-refractivity contribution >= 4 is 32.0 Å². The lowest BCUT2D eigenvalue weighted by molar-refractivity contribution is -0.413. The summed E-state index contributed by atoms with van der Waals surface area (Å²) in [6, 6.07) is 12.1. The summed E-state index contributed by atoms with van der Waals surface area (Å²) in [7, 11) is -11.3. The number of hydrogen-bond donors (Lipinski definition) is 0. The van der Waals surface area contributed by atoms with E-state index in [4.69, 9.17) is 0 Å². The zero-order chi connectivity index (χ0) is 31.2. The molecule has 18 heteroatoms. The molecule has 0 N–H and O–H groups in total. The molecule has 0 aliphatic carbocycles. The maximum atomic E-state index is 14.2. The van der Waals surface area contributed by atoms with Gasteiger partial charge in [0.05, 0.1) is 5.75 Å². The third-order valence-corrected chi connectivity index (χ3v) is 9.12. The summed E-state index contributed by atoms with van der Waals surface area (Å²) in [6.07, 6.45) is -6.29. The van der Waals surface area contributed by atoms with Crippen molar-refractivity contribution in [3.63, 3.8) is 0 Å². The Bertz CT molecular complexity index is 1370. The number of carbonyl (C=O) groups excluding carboxylic acids is 2. The number of rotatable bonds is 11. The molecule has 0 bridgehead atoms. The minimum absolute atomic E-state index is 0.0895. The lowest BCUT2D eigenvalue weighted by atomic mass is 9.96. The van der Waals surface area contributed by atoms with Crippen molar-refractivity contribution in [1.29, 1.82) is 0 Å². The summed E-state index contributed by atoms with van der Waals surface area (Å²) in [5.41, 5.74) is -0.583. The minimum atomic E-state index is -7.97. The van der Waals surface area contributed by atoms with Crippen LogP contribution in [-0.4, -0.2) is 67.4 Å². The predicted octanol–water partition coefficient (Wildman–Crippen LogP) is 6.49. The highest BCUT2D eigenvalue weighted by Crippen LogP contribution is 2.60. The zero-order valence-electron chi connectivity index (χ0n) is 19.9.